The van der Waals surface area contributed by atoms with Gasteiger partial charge in [0.25, 0.3) is 5.56 Å². The summed E-state index contributed by atoms with van der Waals surface area (Å²) in [6, 6.07) is 7.24. The van der Waals surface area contributed by atoms with Crippen molar-refractivity contribution in [3.63, 3.8) is 0 Å². The number of amides is 1. The molecular formula is C23H30ClN5O3. The van der Waals surface area contributed by atoms with Gasteiger partial charge in [-0.3, -0.25) is 18.7 Å². The fourth-order valence-electron chi connectivity index (χ4n) is 3.85. The van der Waals surface area contributed by atoms with E-state index in [-0.39, 0.29) is 22.7 Å². The van der Waals surface area contributed by atoms with E-state index in [1.54, 1.807) is 0 Å². The number of aryl methyl sites for hydroxylation is 2. The van der Waals surface area contributed by atoms with Crippen molar-refractivity contribution in [3.8, 4) is 0 Å². The van der Waals surface area contributed by atoms with Gasteiger partial charge in [-0.25, -0.2) is 4.79 Å². The van der Waals surface area contributed by atoms with Crippen LogP contribution in [0, 0.1) is 6.92 Å². The Balaban J connectivity index is 1.74. The molecule has 3 rings (SSSR count). The number of unbranched alkanes of at least 4 members (excludes halogenated alkanes) is 2. The molecule has 0 bridgehead atoms. The van der Waals surface area contributed by atoms with Crippen molar-refractivity contribution in [1.82, 2.24) is 19.1 Å². The van der Waals surface area contributed by atoms with Gasteiger partial charge in [0.2, 0.25) is 11.2 Å². The van der Waals surface area contributed by atoms with Crippen LogP contribution in [0.1, 0.15) is 64.0 Å². The predicted octanol–water partition coefficient (Wildman–Crippen LogP) is 4.41. The van der Waals surface area contributed by atoms with Gasteiger partial charge in [0.15, 0.2) is 11.2 Å². The maximum absolute atomic E-state index is 13.2. The first-order chi connectivity index (χ1) is 15.3. The highest BCUT2D eigenvalue weighted by molar-refractivity contribution is 6.28. The van der Waals surface area contributed by atoms with Crippen LogP contribution >= 0.6 is 11.6 Å². The lowest BCUT2D eigenvalue weighted by molar-refractivity contribution is -0.116. The molecule has 0 saturated carbocycles. The van der Waals surface area contributed by atoms with Crippen LogP contribution < -0.4 is 16.6 Å². The van der Waals surface area contributed by atoms with E-state index in [0.717, 1.165) is 30.5 Å². The third-order valence-electron chi connectivity index (χ3n) is 5.53. The van der Waals surface area contributed by atoms with Crippen LogP contribution in [0.15, 0.2) is 33.9 Å². The van der Waals surface area contributed by atoms with Crippen LogP contribution in [-0.2, 0) is 11.3 Å². The van der Waals surface area contributed by atoms with Crippen LogP contribution in [0.2, 0.25) is 5.28 Å². The molecule has 1 amide bonds. The van der Waals surface area contributed by atoms with Crippen LogP contribution in [-0.4, -0.2) is 25.0 Å². The molecule has 2 heterocycles. The Kier molecular flexibility index (Phi) is 7.90. The van der Waals surface area contributed by atoms with Gasteiger partial charge >= 0.3 is 5.69 Å². The van der Waals surface area contributed by atoms with E-state index in [2.05, 4.69) is 22.2 Å². The van der Waals surface area contributed by atoms with Crippen molar-refractivity contribution in [2.75, 3.05) is 5.32 Å². The minimum absolute atomic E-state index is 0.0824. The summed E-state index contributed by atoms with van der Waals surface area (Å²) in [5.41, 5.74) is 1.53. The van der Waals surface area contributed by atoms with Gasteiger partial charge in [-0.05, 0) is 62.4 Å². The molecule has 3 aromatic rings. The Hall–Kier alpha value is -2.87. The first-order valence-corrected chi connectivity index (χ1v) is 11.5. The quantitative estimate of drug-likeness (QED) is 0.346. The molecule has 0 fully saturated rings. The summed E-state index contributed by atoms with van der Waals surface area (Å²) in [6.07, 6.45) is 4.15. The second-order valence-electron chi connectivity index (χ2n) is 8.20. The number of benzene rings is 1. The van der Waals surface area contributed by atoms with Crippen molar-refractivity contribution in [2.24, 2.45) is 0 Å². The summed E-state index contributed by atoms with van der Waals surface area (Å²) in [5.74, 6) is -0.0945. The van der Waals surface area contributed by atoms with Gasteiger partial charge in [-0.2, -0.15) is 4.98 Å². The molecular weight excluding hydrogens is 430 g/mol. The molecule has 0 aliphatic carbocycles. The lowest BCUT2D eigenvalue weighted by Gasteiger charge is -2.17. The first kappa shape index (κ1) is 23.8. The normalized spacial score (nSPS) is 12.2. The zero-order chi connectivity index (χ0) is 23.3. The highest BCUT2D eigenvalue weighted by Gasteiger charge is 2.20. The topological polar surface area (TPSA) is 102 Å². The lowest BCUT2D eigenvalue weighted by Crippen LogP contribution is -2.42. The Bertz CT molecular complexity index is 1210. The minimum atomic E-state index is -0.437. The number of imidazole rings is 1. The second-order valence-corrected chi connectivity index (χ2v) is 8.56. The minimum Gasteiger partial charge on any atom is -0.326 e. The van der Waals surface area contributed by atoms with Crippen molar-refractivity contribution in [2.45, 2.75) is 71.9 Å². The Morgan fingerprint density at radius 2 is 2.03 bits per heavy atom. The molecule has 1 atom stereocenters. The summed E-state index contributed by atoms with van der Waals surface area (Å²) in [7, 11) is 0. The number of nitrogens with one attached hydrogen (secondary N) is 2. The fourth-order valence-corrected chi connectivity index (χ4v) is 4.03. The largest absolute Gasteiger partial charge is 0.332 e. The monoisotopic (exact) mass is 459 g/mol. The van der Waals surface area contributed by atoms with Gasteiger partial charge in [-0.15, -0.1) is 0 Å². The molecule has 0 aliphatic heterocycles. The van der Waals surface area contributed by atoms with Gasteiger partial charge in [0, 0.05) is 24.7 Å². The molecule has 0 aliphatic rings. The molecule has 1 unspecified atom stereocenters. The maximum atomic E-state index is 13.2. The van der Waals surface area contributed by atoms with E-state index in [1.807, 2.05) is 38.1 Å². The predicted molar refractivity (Wildman–Crippen MR) is 128 cm³/mol. The number of aromatic nitrogens is 4. The molecule has 8 nitrogen and oxygen atoms in total. The van der Waals surface area contributed by atoms with Crippen molar-refractivity contribution < 1.29 is 4.79 Å². The number of anilines is 1. The Morgan fingerprint density at radius 3 is 2.75 bits per heavy atom. The van der Waals surface area contributed by atoms with E-state index in [1.165, 1.54) is 9.13 Å². The van der Waals surface area contributed by atoms with Crippen molar-refractivity contribution >= 4 is 34.4 Å². The van der Waals surface area contributed by atoms with Crippen molar-refractivity contribution in [3.05, 3.63) is 56.0 Å². The highest BCUT2D eigenvalue weighted by atomic mass is 35.5. The van der Waals surface area contributed by atoms with Crippen LogP contribution in [0.25, 0.3) is 11.2 Å². The fraction of sp³-hybridized carbons (Fsp3) is 0.478. The van der Waals surface area contributed by atoms with Gasteiger partial charge < -0.3 is 10.3 Å². The number of nitrogens with zero attached hydrogens (tertiary/aromatic N) is 3. The third kappa shape index (κ3) is 5.48. The second kappa shape index (κ2) is 10.6. The average Bonchev–Trinajstić information content (AvgIpc) is 3.12. The van der Waals surface area contributed by atoms with E-state index >= 15 is 0 Å². The number of carbonyl (C=O) groups excluding carboxylic acids is 1. The number of fused-ring (bicyclic) bond motifs is 1. The summed E-state index contributed by atoms with van der Waals surface area (Å²) in [6.45, 7) is 6.34. The average molecular weight is 460 g/mol. The van der Waals surface area contributed by atoms with Gasteiger partial charge in [-0.1, -0.05) is 31.9 Å². The molecule has 0 saturated heterocycles. The molecule has 0 radical (unpaired) electrons. The molecule has 0 spiro atoms. The number of rotatable bonds is 10. The summed E-state index contributed by atoms with van der Waals surface area (Å²) >= 11 is 5.99. The molecule has 2 N–H and O–H groups in total. The molecule has 32 heavy (non-hydrogen) atoms. The van der Waals surface area contributed by atoms with Crippen LogP contribution in [0.3, 0.4) is 0 Å². The number of H-pyrrole nitrogens is 1. The zero-order valence-electron chi connectivity index (χ0n) is 18.8. The zero-order valence-corrected chi connectivity index (χ0v) is 19.5. The third-order valence-corrected chi connectivity index (χ3v) is 5.71. The van der Waals surface area contributed by atoms with Gasteiger partial charge in [0.1, 0.15) is 0 Å². The Labute approximate surface area is 191 Å². The van der Waals surface area contributed by atoms with E-state index in [0.29, 0.717) is 31.5 Å². The first-order valence-electron chi connectivity index (χ1n) is 11.1. The summed E-state index contributed by atoms with van der Waals surface area (Å²) in [4.78, 5) is 45.4. The maximum Gasteiger partial charge on any atom is 0.332 e. The number of hydrogen-bond donors (Lipinski definition) is 2. The lowest BCUT2D eigenvalue weighted by atomic mass is 10.1. The van der Waals surface area contributed by atoms with Gasteiger partial charge in [0.05, 0.1) is 0 Å². The number of aromatic amines is 1. The smallest absolute Gasteiger partial charge is 0.326 e. The number of hydrogen-bond acceptors (Lipinski definition) is 4. The van der Waals surface area contributed by atoms with E-state index in [4.69, 9.17) is 11.6 Å². The summed E-state index contributed by atoms with van der Waals surface area (Å²) in [5, 5.41) is 2.96. The van der Waals surface area contributed by atoms with Crippen molar-refractivity contribution in [1.29, 1.82) is 0 Å². The molecule has 9 heteroatoms. The summed E-state index contributed by atoms with van der Waals surface area (Å²) < 4.78 is 2.77. The Morgan fingerprint density at radius 1 is 1.25 bits per heavy atom. The van der Waals surface area contributed by atoms with Crippen LogP contribution in [0.5, 0.6) is 0 Å². The van der Waals surface area contributed by atoms with E-state index < -0.39 is 11.2 Å². The SMILES string of the molecule is CCCCCn1c(=O)n(C(C)CCCC(=O)Nc2cccc(C)c2)c(=O)c2[nH]c(Cl)nc21. The van der Waals surface area contributed by atoms with E-state index in [9.17, 15) is 14.4 Å². The molecule has 172 valence electrons. The highest BCUT2D eigenvalue weighted by Crippen LogP contribution is 2.16. The standard InChI is InChI=1S/C23H30ClN5O3/c1-4-5-6-13-28-20-19(26-22(24)27-20)21(31)29(23(28)32)16(3)10-8-12-18(30)25-17-11-7-9-15(2)14-17/h7,9,11,14,16H,4-6,8,10,12-13H2,1-3H3,(H,25,30)(H,26,27). The number of carbonyl (C=O) groups is 1. The molecule has 2 aromatic heterocycles. The number of halogens is 1. The molecule has 1 aromatic carbocycles. The van der Waals surface area contributed by atoms with Crippen LogP contribution in [0.4, 0.5) is 5.69 Å².